The SMILES string of the molecule is CCCCC(CC)COOC(=O)c1ccc(OC(C)C)cc1. The zero-order valence-corrected chi connectivity index (χ0v) is 14.1. The summed E-state index contributed by atoms with van der Waals surface area (Å²) in [6, 6.07) is 6.87. The minimum Gasteiger partial charge on any atom is -0.491 e. The lowest BCUT2D eigenvalue weighted by Crippen LogP contribution is -2.13. The molecule has 1 unspecified atom stereocenters. The number of carbonyl (C=O) groups is 1. The third kappa shape index (κ3) is 6.94. The van der Waals surface area contributed by atoms with Gasteiger partial charge >= 0.3 is 5.97 Å². The topological polar surface area (TPSA) is 44.8 Å². The van der Waals surface area contributed by atoms with Crippen LogP contribution in [0.3, 0.4) is 0 Å². The first-order valence-electron chi connectivity index (χ1n) is 8.17. The lowest BCUT2D eigenvalue weighted by Gasteiger charge is -2.13. The van der Waals surface area contributed by atoms with E-state index in [4.69, 9.17) is 14.5 Å². The number of rotatable bonds is 10. The van der Waals surface area contributed by atoms with Crippen LogP contribution >= 0.6 is 0 Å². The summed E-state index contributed by atoms with van der Waals surface area (Å²) in [4.78, 5) is 21.9. The fraction of sp³-hybridized carbons (Fsp3) is 0.611. The van der Waals surface area contributed by atoms with Crippen LogP contribution in [0.5, 0.6) is 5.75 Å². The molecule has 0 spiro atoms. The minimum absolute atomic E-state index is 0.107. The van der Waals surface area contributed by atoms with Crippen molar-refractivity contribution in [3.05, 3.63) is 29.8 Å². The predicted molar refractivity (Wildman–Crippen MR) is 86.9 cm³/mol. The van der Waals surface area contributed by atoms with Gasteiger partial charge in [0.1, 0.15) is 5.75 Å². The molecule has 1 aromatic rings. The second-order valence-electron chi connectivity index (χ2n) is 5.76. The van der Waals surface area contributed by atoms with Crippen molar-refractivity contribution in [1.82, 2.24) is 0 Å². The number of hydrogen-bond acceptors (Lipinski definition) is 4. The maximum absolute atomic E-state index is 11.9. The predicted octanol–water partition coefficient (Wildman–Crippen LogP) is 4.78. The Kier molecular flexibility index (Phi) is 8.60. The molecule has 0 amide bonds. The molecule has 0 saturated carbocycles. The number of carbonyl (C=O) groups excluding carboxylic acids is 1. The Labute approximate surface area is 133 Å². The molecule has 22 heavy (non-hydrogen) atoms. The average molecular weight is 308 g/mol. The van der Waals surface area contributed by atoms with E-state index in [1.165, 1.54) is 12.8 Å². The van der Waals surface area contributed by atoms with Crippen molar-refractivity contribution in [3.8, 4) is 5.75 Å². The van der Waals surface area contributed by atoms with Crippen LogP contribution < -0.4 is 4.74 Å². The highest BCUT2D eigenvalue weighted by molar-refractivity contribution is 5.89. The smallest absolute Gasteiger partial charge is 0.373 e. The summed E-state index contributed by atoms with van der Waals surface area (Å²) in [5, 5.41) is 0. The molecule has 124 valence electrons. The molecule has 0 fully saturated rings. The van der Waals surface area contributed by atoms with Crippen molar-refractivity contribution < 1.29 is 19.3 Å². The molecule has 0 aliphatic rings. The molecular formula is C18H28O4. The van der Waals surface area contributed by atoms with Gasteiger partial charge in [-0.2, -0.15) is 4.89 Å². The lowest BCUT2D eigenvalue weighted by atomic mass is 10.0. The summed E-state index contributed by atoms with van der Waals surface area (Å²) in [5.41, 5.74) is 0.456. The zero-order chi connectivity index (χ0) is 16.4. The molecule has 0 aliphatic heterocycles. The number of benzene rings is 1. The fourth-order valence-corrected chi connectivity index (χ4v) is 2.07. The Hall–Kier alpha value is -1.55. The molecule has 0 aromatic heterocycles. The average Bonchev–Trinajstić information content (AvgIpc) is 2.50. The van der Waals surface area contributed by atoms with Gasteiger partial charge in [-0.1, -0.05) is 33.1 Å². The van der Waals surface area contributed by atoms with E-state index >= 15 is 0 Å². The first-order chi connectivity index (χ1) is 10.6. The van der Waals surface area contributed by atoms with Gasteiger partial charge in [0.25, 0.3) is 0 Å². The summed E-state index contributed by atoms with van der Waals surface area (Å²) in [6.45, 7) is 8.66. The van der Waals surface area contributed by atoms with Crippen molar-refractivity contribution in [2.75, 3.05) is 6.61 Å². The van der Waals surface area contributed by atoms with Crippen LogP contribution in [0.1, 0.15) is 63.7 Å². The van der Waals surface area contributed by atoms with Crippen molar-refractivity contribution in [2.45, 2.75) is 59.5 Å². The van der Waals surface area contributed by atoms with E-state index in [1.54, 1.807) is 24.3 Å². The van der Waals surface area contributed by atoms with Gasteiger partial charge in [-0.3, -0.25) is 4.89 Å². The first kappa shape index (κ1) is 18.5. The quantitative estimate of drug-likeness (QED) is 0.461. The van der Waals surface area contributed by atoms with Crippen LogP contribution in [0.2, 0.25) is 0 Å². The van der Waals surface area contributed by atoms with Crippen LogP contribution in [0.15, 0.2) is 24.3 Å². The fourth-order valence-electron chi connectivity index (χ4n) is 2.07. The van der Waals surface area contributed by atoms with Crippen molar-refractivity contribution in [2.24, 2.45) is 5.92 Å². The highest BCUT2D eigenvalue weighted by Gasteiger charge is 2.11. The van der Waals surface area contributed by atoms with Gasteiger partial charge < -0.3 is 4.74 Å². The van der Waals surface area contributed by atoms with Crippen molar-refractivity contribution in [1.29, 1.82) is 0 Å². The summed E-state index contributed by atoms with van der Waals surface area (Å²) < 4.78 is 5.53. The molecule has 0 saturated heterocycles. The maximum Gasteiger partial charge on any atom is 0.373 e. The van der Waals surface area contributed by atoms with Crippen molar-refractivity contribution >= 4 is 5.97 Å². The van der Waals surface area contributed by atoms with Crippen LogP contribution in [0, 0.1) is 5.92 Å². The van der Waals surface area contributed by atoms with Gasteiger partial charge in [-0.15, -0.1) is 0 Å². The Morgan fingerprint density at radius 2 is 1.82 bits per heavy atom. The standard InChI is InChI=1S/C18H28O4/c1-5-7-8-15(6-2)13-20-22-18(19)16-9-11-17(12-10-16)21-14(3)4/h9-12,14-15H,5-8,13H2,1-4H3. The minimum atomic E-state index is -0.471. The van der Waals surface area contributed by atoms with Gasteiger partial charge in [0, 0.05) is 0 Å². The largest absolute Gasteiger partial charge is 0.491 e. The number of unbranched alkanes of at least 4 members (excludes halogenated alkanes) is 1. The number of hydrogen-bond donors (Lipinski definition) is 0. The Balaban J connectivity index is 2.38. The van der Waals surface area contributed by atoms with Gasteiger partial charge in [0.2, 0.25) is 0 Å². The van der Waals surface area contributed by atoms with Crippen LogP contribution in [-0.2, 0) is 9.78 Å². The Bertz CT molecular complexity index is 425. The van der Waals surface area contributed by atoms with Crippen LogP contribution in [0.25, 0.3) is 0 Å². The molecule has 1 atom stereocenters. The highest BCUT2D eigenvalue weighted by Crippen LogP contribution is 2.16. The second-order valence-corrected chi connectivity index (χ2v) is 5.76. The van der Waals surface area contributed by atoms with Crippen LogP contribution in [-0.4, -0.2) is 18.7 Å². The van der Waals surface area contributed by atoms with E-state index in [-0.39, 0.29) is 6.10 Å². The number of ether oxygens (including phenoxy) is 1. The first-order valence-corrected chi connectivity index (χ1v) is 8.17. The molecule has 0 heterocycles. The molecule has 4 heteroatoms. The van der Waals surface area contributed by atoms with E-state index in [1.807, 2.05) is 13.8 Å². The van der Waals surface area contributed by atoms with E-state index in [0.717, 1.165) is 18.6 Å². The van der Waals surface area contributed by atoms with Crippen LogP contribution in [0.4, 0.5) is 0 Å². The third-order valence-electron chi connectivity index (χ3n) is 3.44. The second kappa shape index (κ2) is 10.2. The van der Waals surface area contributed by atoms with E-state index in [2.05, 4.69) is 13.8 Å². The van der Waals surface area contributed by atoms with Gasteiger partial charge in [-0.25, -0.2) is 4.79 Å². The summed E-state index contributed by atoms with van der Waals surface area (Å²) in [6.07, 6.45) is 4.58. The van der Waals surface area contributed by atoms with Crippen molar-refractivity contribution in [3.63, 3.8) is 0 Å². The molecule has 1 aromatic carbocycles. The van der Waals surface area contributed by atoms with Gasteiger partial charge in [0.05, 0.1) is 18.3 Å². The molecule has 0 aliphatic carbocycles. The normalized spacial score (nSPS) is 12.2. The Morgan fingerprint density at radius 1 is 1.14 bits per heavy atom. The molecule has 4 nitrogen and oxygen atoms in total. The maximum atomic E-state index is 11.9. The molecule has 0 N–H and O–H groups in total. The molecule has 0 radical (unpaired) electrons. The van der Waals surface area contributed by atoms with E-state index in [9.17, 15) is 4.79 Å². The summed E-state index contributed by atoms with van der Waals surface area (Å²) in [7, 11) is 0. The molecular weight excluding hydrogens is 280 g/mol. The van der Waals surface area contributed by atoms with E-state index in [0.29, 0.717) is 18.1 Å². The third-order valence-corrected chi connectivity index (χ3v) is 3.44. The highest BCUT2D eigenvalue weighted by atomic mass is 17.2. The van der Waals surface area contributed by atoms with Gasteiger partial charge in [-0.05, 0) is 50.5 Å². The monoisotopic (exact) mass is 308 g/mol. The summed E-state index contributed by atoms with van der Waals surface area (Å²) in [5.74, 6) is 0.703. The lowest BCUT2D eigenvalue weighted by molar-refractivity contribution is -0.249. The molecule has 1 rings (SSSR count). The zero-order valence-electron chi connectivity index (χ0n) is 14.1. The van der Waals surface area contributed by atoms with E-state index < -0.39 is 5.97 Å². The summed E-state index contributed by atoms with van der Waals surface area (Å²) >= 11 is 0. The Morgan fingerprint density at radius 3 is 2.36 bits per heavy atom. The molecule has 0 bridgehead atoms. The van der Waals surface area contributed by atoms with Gasteiger partial charge in [0.15, 0.2) is 0 Å².